The molecule has 0 radical (unpaired) electrons. The SMILES string of the molecule is NC(Cc1ccc(O)cc1)C(=O)Nc1cccc(Cl)c1F. The standard InChI is InChI=1S/C15H14ClFN2O2/c16-11-2-1-3-13(14(11)17)19-15(21)12(18)8-9-4-6-10(20)7-5-9/h1-7,12,20H,8,18H2,(H,19,21). The third-order valence-electron chi connectivity index (χ3n) is 2.94. The summed E-state index contributed by atoms with van der Waals surface area (Å²) in [6.07, 6.45) is 0.272. The highest BCUT2D eigenvalue weighted by Crippen LogP contribution is 2.22. The van der Waals surface area contributed by atoms with Gasteiger partial charge in [-0.25, -0.2) is 4.39 Å². The molecule has 0 aliphatic rings. The second-order valence-corrected chi connectivity index (χ2v) is 4.97. The Bertz CT molecular complexity index is 647. The van der Waals surface area contributed by atoms with Gasteiger partial charge in [0, 0.05) is 0 Å². The highest BCUT2D eigenvalue weighted by Gasteiger charge is 2.16. The Balaban J connectivity index is 2.02. The molecule has 21 heavy (non-hydrogen) atoms. The molecule has 0 aliphatic carbocycles. The molecule has 4 N–H and O–H groups in total. The van der Waals surface area contributed by atoms with Gasteiger partial charge >= 0.3 is 0 Å². The largest absolute Gasteiger partial charge is 0.508 e. The number of hydrogen-bond acceptors (Lipinski definition) is 3. The monoisotopic (exact) mass is 308 g/mol. The van der Waals surface area contributed by atoms with E-state index in [9.17, 15) is 14.3 Å². The average molecular weight is 309 g/mol. The van der Waals surface area contributed by atoms with Crippen LogP contribution in [0, 0.1) is 5.82 Å². The van der Waals surface area contributed by atoms with E-state index in [2.05, 4.69) is 5.32 Å². The van der Waals surface area contributed by atoms with Crippen molar-refractivity contribution in [2.45, 2.75) is 12.5 Å². The Morgan fingerprint density at radius 1 is 1.29 bits per heavy atom. The average Bonchev–Trinajstić information content (AvgIpc) is 2.46. The number of phenols is 1. The Hall–Kier alpha value is -2.11. The van der Waals surface area contributed by atoms with Crippen molar-refractivity contribution >= 4 is 23.2 Å². The van der Waals surface area contributed by atoms with Gasteiger partial charge < -0.3 is 16.2 Å². The number of nitrogens with two attached hydrogens (primary N) is 1. The van der Waals surface area contributed by atoms with Crippen LogP contribution in [0.2, 0.25) is 5.02 Å². The molecule has 0 aromatic heterocycles. The second kappa shape index (κ2) is 6.56. The zero-order valence-corrected chi connectivity index (χ0v) is 11.8. The van der Waals surface area contributed by atoms with Gasteiger partial charge in [0.2, 0.25) is 5.91 Å². The number of carbonyl (C=O) groups excluding carboxylic acids is 1. The molecule has 0 saturated heterocycles. The normalized spacial score (nSPS) is 12.0. The van der Waals surface area contributed by atoms with Gasteiger partial charge in [-0.2, -0.15) is 0 Å². The van der Waals surface area contributed by atoms with Crippen LogP contribution in [0.1, 0.15) is 5.56 Å². The lowest BCUT2D eigenvalue weighted by Gasteiger charge is -2.13. The fourth-order valence-electron chi connectivity index (χ4n) is 1.80. The molecular weight excluding hydrogens is 295 g/mol. The molecule has 110 valence electrons. The van der Waals surface area contributed by atoms with Gasteiger partial charge in [0.1, 0.15) is 5.75 Å². The van der Waals surface area contributed by atoms with Crippen molar-refractivity contribution in [3.63, 3.8) is 0 Å². The third kappa shape index (κ3) is 3.93. The number of hydrogen-bond donors (Lipinski definition) is 3. The number of anilines is 1. The third-order valence-corrected chi connectivity index (χ3v) is 3.23. The van der Waals surface area contributed by atoms with E-state index >= 15 is 0 Å². The van der Waals surface area contributed by atoms with Crippen molar-refractivity contribution in [1.29, 1.82) is 0 Å². The number of nitrogens with one attached hydrogen (secondary N) is 1. The maximum Gasteiger partial charge on any atom is 0.241 e. The van der Waals surface area contributed by atoms with Crippen molar-refractivity contribution in [3.8, 4) is 5.75 Å². The quantitative estimate of drug-likeness (QED) is 0.813. The van der Waals surface area contributed by atoms with E-state index < -0.39 is 17.8 Å². The van der Waals surface area contributed by atoms with Crippen LogP contribution in [0.3, 0.4) is 0 Å². The Morgan fingerprint density at radius 3 is 2.62 bits per heavy atom. The first kappa shape index (κ1) is 15.3. The van der Waals surface area contributed by atoms with Crippen molar-refractivity contribution in [2.75, 3.05) is 5.32 Å². The summed E-state index contributed by atoms with van der Waals surface area (Å²) in [7, 11) is 0. The van der Waals surface area contributed by atoms with Gasteiger partial charge in [-0.3, -0.25) is 4.79 Å². The summed E-state index contributed by atoms with van der Waals surface area (Å²) < 4.78 is 13.7. The van der Waals surface area contributed by atoms with Crippen molar-refractivity contribution in [2.24, 2.45) is 5.73 Å². The zero-order chi connectivity index (χ0) is 15.4. The minimum Gasteiger partial charge on any atom is -0.508 e. The van der Waals surface area contributed by atoms with Gasteiger partial charge in [-0.05, 0) is 36.2 Å². The lowest BCUT2D eigenvalue weighted by atomic mass is 10.1. The maximum atomic E-state index is 13.7. The summed E-state index contributed by atoms with van der Waals surface area (Å²) >= 11 is 5.64. The first-order chi connectivity index (χ1) is 9.97. The molecule has 0 heterocycles. The van der Waals surface area contributed by atoms with E-state index in [4.69, 9.17) is 17.3 Å². The molecule has 0 spiro atoms. The number of amides is 1. The van der Waals surface area contributed by atoms with Gasteiger partial charge in [0.25, 0.3) is 0 Å². The number of aromatic hydroxyl groups is 1. The fraction of sp³-hybridized carbons (Fsp3) is 0.133. The van der Waals surface area contributed by atoms with Gasteiger partial charge in [-0.1, -0.05) is 29.8 Å². The van der Waals surface area contributed by atoms with Gasteiger partial charge in [0.05, 0.1) is 16.8 Å². The van der Waals surface area contributed by atoms with Crippen LogP contribution in [0.4, 0.5) is 10.1 Å². The van der Waals surface area contributed by atoms with Crippen molar-refractivity contribution in [1.82, 2.24) is 0 Å². The molecular formula is C15H14ClFN2O2. The summed E-state index contributed by atoms with van der Waals surface area (Å²) in [5.74, 6) is -1.06. The predicted octanol–water partition coefficient (Wildman–Crippen LogP) is 2.69. The minimum atomic E-state index is -0.840. The Kier molecular flexibility index (Phi) is 4.77. The second-order valence-electron chi connectivity index (χ2n) is 4.57. The van der Waals surface area contributed by atoms with Crippen LogP contribution in [-0.4, -0.2) is 17.1 Å². The van der Waals surface area contributed by atoms with E-state index in [-0.39, 0.29) is 22.9 Å². The summed E-state index contributed by atoms with van der Waals surface area (Å²) in [4.78, 5) is 12.0. The minimum absolute atomic E-state index is 0.00587. The summed E-state index contributed by atoms with van der Waals surface area (Å²) in [5.41, 5.74) is 6.58. The van der Waals surface area contributed by atoms with Crippen LogP contribution in [0.25, 0.3) is 0 Å². The molecule has 0 aliphatic heterocycles. The number of phenolic OH excluding ortho intramolecular Hbond substituents is 1. The highest BCUT2D eigenvalue weighted by molar-refractivity contribution is 6.31. The Labute approximate surface area is 126 Å². The van der Waals surface area contributed by atoms with Crippen LogP contribution < -0.4 is 11.1 Å². The van der Waals surface area contributed by atoms with Crippen LogP contribution in [0.15, 0.2) is 42.5 Å². The van der Waals surface area contributed by atoms with Crippen LogP contribution >= 0.6 is 11.6 Å². The van der Waals surface area contributed by atoms with Crippen LogP contribution in [-0.2, 0) is 11.2 Å². The fourth-order valence-corrected chi connectivity index (χ4v) is 1.98. The molecule has 2 aromatic carbocycles. The molecule has 6 heteroatoms. The predicted molar refractivity (Wildman–Crippen MR) is 79.8 cm³/mol. The van der Waals surface area contributed by atoms with Crippen molar-refractivity contribution in [3.05, 3.63) is 58.9 Å². The molecule has 0 bridgehead atoms. The Morgan fingerprint density at radius 2 is 1.95 bits per heavy atom. The van der Waals surface area contributed by atoms with Gasteiger partial charge in [0.15, 0.2) is 5.82 Å². The number of rotatable bonds is 4. The lowest BCUT2D eigenvalue weighted by Crippen LogP contribution is -2.37. The summed E-state index contributed by atoms with van der Waals surface area (Å²) in [6, 6.07) is 9.85. The van der Waals surface area contributed by atoms with E-state index in [1.165, 1.54) is 30.3 Å². The van der Waals surface area contributed by atoms with E-state index in [1.54, 1.807) is 12.1 Å². The number of halogens is 2. The summed E-state index contributed by atoms with van der Waals surface area (Å²) in [6.45, 7) is 0. The molecule has 0 fully saturated rings. The molecule has 2 aromatic rings. The number of carbonyl (C=O) groups is 1. The molecule has 1 amide bonds. The van der Waals surface area contributed by atoms with E-state index in [1.807, 2.05) is 0 Å². The topological polar surface area (TPSA) is 75.3 Å². The molecule has 1 unspecified atom stereocenters. The van der Waals surface area contributed by atoms with Gasteiger partial charge in [-0.15, -0.1) is 0 Å². The van der Waals surface area contributed by atoms with Crippen LogP contribution in [0.5, 0.6) is 5.75 Å². The highest BCUT2D eigenvalue weighted by atomic mass is 35.5. The first-order valence-corrected chi connectivity index (χ1v) is 6.63. The molecule has 1 atom stereocenters. The first-order valence-electron chi connectivity index (χ1n) is 6.25. The summed E-state index contributed by atoms with van der Waals surface area (Å²) in [5, 5.41) is 11.5. The van der Waals surface area contributed by atoms with E-state index in [0.717, 1.165) is 5.56 Å². The van der Waals surface area contributed by atoms with E-state index in [0.29, 0.717) is 0 Å². The van der Waals surface area contributed by atoms with Crippen molar-refractivity contribution < 1.29 is 14.3 Å². The lowest BCUT2D eigenvalue weighted by molar-refractivity contribution is -0.117. The molecule has 0 saturated carbocycles. The smallest absolute Gasteiger partial charge is 0.241 e. The molecule has 2 rings (SSSR count). The molecule has 4 nitrogen and oxygen atoms in total. The number of benzene rings is 2. The maximum absolute atomic E-state index is 13.7. The zero-order valence-electron chi connectivity index (χ0n) is 11.0.